The Kier molecular flexibility index (Phi) is 3.63. The predicted octanol–water partition coefficient (Wildman–Crippen LogP) is 5.47. The van der Waals surface area contributed by atoms with Gasteiger partial charge in [-0.2, -0.15) is 31.6 Å². The molecule has 0 saturated carbocycles. The lowest BCUT2D eigenvalue weighted by Gasteiger charge is -2.12. The van der Waals surface area contributed by atoms with Crippen molar-refractivity contribution in [2.75, 3.05) is 0 Å². The average Bonchev–Trinajstić information content (AvgIpc) is 2.73. The van der Waals surface area contributed by atoms with Crippen molar-refractivity contribution in [2.45, 2.75) is 32.1 Å². The molecule has 2 rings (SSSR count). The van der Waals surface area contributed by atoms with Gasteiger partial charge in [0.05, 0.1) is 11.1 Å². The highest BCUT2D eigenvalue weighted by Gasteiger charge is 2.40. The Balaban J connectivity index is 2.98. The highest BCUT2D eigenvalue weighted by atomic mass is 19.4. The molecule has 0 saturated heterocycles. The van der Waals surface area contributed by atoms with Crippen LogP contribution in [-0.4, -0.2) is 0 Å². The van der Waals surface area contributed by atoms with Crippen LogP contribution in [0.25, 0.3) is 11.0 Å². The van der Waals surface area contributed by atoms with Gasteiger partial charge in [-0.05, 0) is 18.1 Å². The first-order valence-electron chi connectivity index (χ1n) is 6.11. The molecule has 1 aromatic carbocycles. The van der Waals surface area contributed by atoms with Crippen LogP contribution in [0.4, 0.5) is 26.3 Å². The molecule has 2 nitrogen and oxygen atoms in total. The van der Waals surface area contributed by atoms with Crippen molar-refractivity contribution in [3.63, 3.8) is 0 Å². The Bertz CT molecular complexity index is 761. The summed E-state index contributed by atoms with van der Waals surface area (Å²) in [5.41, 5.74) is -3.69. The molecule has 0 N–H and O–H groups in total. The van der Waals surface area contributed by atoms with Crippen LogP contribution in [0.2, 0.25) is 0 Å². The normalized spacial score (nSPS) is 12.9. The summed E-state index contributed by atoms with van der Waals surface area (Å²) in [6.45, 7) is 3.11. The fourth-order valence-corrected chi connectivity index (χ4v) is 2.25. The number of benzene rings is 1. The summed E-state index contributed by atoms with van der Waals surface area (Å²) in [4.78, 5) is 0. The summed E-state index contributed by atoms with van der Waals surface area (Å²) in [6, 6.07) is 2.17. The third-order valence-electron chi connectivity index (χ3n) is 3.14. The summed E-state index contributed by atoms with van der Waals surface area (Å²) in [7, 11) is 0. The molecule has 0 fully saturated rings. The van der Waals surface area contributed by atoms with Crippen LogP contribution in [-0.2, 0) is 12.4 Å². The zero-order valence-corrected chi connectivity index (χ0v) is 11.4. The van der Waals surface area contributed by atoms with Crippen molar-refractivity contribution in [1.82, 2.24) is 0 Å². The van der Waals surface area contributed by atoms with E-state index >= 15 is 0 Å². The van der Waals surface area contributed by atoms with Crippen molar-refractivity contribution < 1.29 is 30.8 Å². The van der Waals surface area contributed by atoms with Crippen LogP contribution in [0.1, 0.15) is 42.2 Å². The van der Waals surface area contributed by atoms with Crippen LogP contribution in [0.3, 0.4) is 0 Å². The first kappa shape index (κ1) is 16.2. The van der Waals surface area contributed by atoms with E-state index in [1.54, 1.807) is 19.9 Å². The largest absolute Gasteiger partial charge is 0.445 e. The number of halogens is 6. The molecule has 0 aliphatic carbocycles. The molecule has 1 heterocycles. The molecule has 0 aliphatic rings. The molecular formula is C14H9F6NO. The average molecular weight is 321 g/mol. The topological polar surface area (TPSA) is 36.9 Å². The highest BCUT2D eigenvalue weighted by Crippen LogP contribution is 2.43. The number of nitrogens with zero attached hydrogens (tertiary/aromatic N) is 1. The zero-order valence-electron chi connectivity index (χ0n) is 11.4. The van der Waals surface area contributed by atoms with E-state index in [4.69, 9.17) is 9.68 Å². The first-order chi connectivity index (χ1) is 9.96. The van der Waals surface area contributed by atoms with Crippen molar-refractivity contribution in [2.24, 2.45) is 0 Å². The van der Waals surface area contributed by atoms with E-state index in [1.807, 2.05) is 0 Å². The van der Waals surface area contributed by atoms with Gasteiger partial charge in [0.2, 0.25) is 5.76 Å². The van der Waals surface area contributed by atoms with E-state index in [1.165, 1.54) is 0 Å². The van der Waals surface area contributed by atoms with Crippen molar-refractivity contribution in [3.8, 4) is 6.07 Å². The van der Waals surface area contributed by atoms with Gasteiger partial charge in [0.15, 0.2) is 0 Å². The van der Waals surface area contributed by atoms with Crippen LogP contribution in [0, 0.1) is 11.3 Å². The van der Waals surface area contributed by atoms with Gasteiger partial charge in [-0.25, -0.2) is 0 Å². The van der Waals surface area contributed by atoms with Gasteiger partial charge in [0, 0.05) is 10.9 Å². The van der Waals surface area contributed by atoms with Gasteiger partial charge in [0.1, 0.15) is 11.7 Å². The molecular weight excluding hydrogens is 312 g/mol. The Morgan fingerprint density at radius 3 is 2.05 bits per heavy atom. The van der Waals surface area contributed by atoms with Crippen LogP contribution < -0.4 is 0 Å². The van der Waals surface area contributed by atoms with Gasteiger partial charge < -0.3 is 4.42 Å². The third-order valence-corrected chi connectivity index (χ3v) is 3.14. The molecule has 0 bridgehead atoms. The van der Waals surface area contributed by atoms with Gasteiger partial charge in [-0.15, -0.1) is 0 Å². The second kappa shape index (κ2) is 4.93. The minimum absolute atomic E-state index is 0.00288. The van der Waals surface area contributed by atoms with Crippen molar-refractivity contribution in [3.05, 3.63) is 34.6 Å². The molecule has 1 aromatic heterocycles. The van der Waals surface area contributed by atoms with Gasteiger partial charge in [-0.1, -0.05) is 13.8 Å². The predicted molar refractivity (Wildman–Crippen MR) is 65.0 cm³/mol. The molecule has 2 aromatic rings. The number of hydrogen-bond acceptors (Lipinski definition) is 2. The number of fused-ring (bicyclic) bond motifs is 1. The lowest BCUT2D eigenvalue weighted by atomic mass is 9.96. The second-order valence-corrected chi connectivity index (χ2v) is 5.01. The maximum Gasteiger partial charge on any atom is 0.420 e. The standard InChI is InChI=1S/C14H9F6NO/c1-6(2)11-8-3-7(13(15,16)17)4-9(14(18,19)20)12(8)22-10(11)5-21/h3-4,6H,1-2H3. The molecule has 0 radical (unpaired) electrons. The molecule has 8 heteroatoms. The molecule has 0 aliphatic heterocycles. The van der Waals surface area contributed by atoms with E-state index in [-0.39, 0.29) is 17.0 Å². The van der Waals surface area contributed by atoms with Gasteiger partial charge in [-0.3, -0.25) is 0 Å². The molecule has 0 amide bonds. The molecule has 0 atom stereocenters. The molecule has 22 heavy (non-hydrogen) atoms. The minimum Gasteiger partial charge on any atom is -0.445 e. The number of nitriles is 1. The Morgan fingerprint density at radius 2 is 1.64 bits per heavy atom. The smallest absolute Gasteiger partial charge is 0.420 e. The summed E-state index contributed by atoms with van der Waals surface area (Å²) >= 11 is 0. The minimum atomic E-state index is -5.03. The zero-order chi connectivity index (χ0) is 16.9. The summed E-state index contributed by atoms with van der Waals surface area (Å²) in [6.07, 6.45) is -9.97. The fourth-order valence-electron chi connectivity index (χ4n) is 2.25. The molecule has 0 spiro atoms. The van der Waals surface area contributed by atoms with E-state index in [0.29, 0.717) is 6.07 Å². The summed E-state index contributed by atoms with van der Waals surface area (Å²) in [5, 5.41) is 8.60. The maximum absolute atomic E-state index is 13.0. The SMILES string of the molecule is CC(C)c1c(C#N)oc2c(C(F)(F)F)cc(C(F)(F)F)cc12. The van der Waals surface area contributed by atoms with E-state index in [2.05, 4.69) is 0 Å². The lowest BCUT2D eigenvalue weighted by molar-refractivity contribution is -0.142. The number of furan rings is 1. The molecule has 0 unspecified atom stereocenters. The van der Waals surface area contributed by atoms with Crippen LogP contribution >= 0.6 is 0 Å². The monoisotopic (exact) mass is 321 g/mol. The Morgan fingerprint density at radius 1 is 1.05 bits per heavy atom. The van der Waals surface area contributed by atoms with Crippen LogP contribution in [0.15, 0.2) is 16.5 Å². The van der Waals surface area contributed by atoms with E-state index < -0.39 is 40.7 Å². The van der Waals surface area contributed by atoms with E-state index in [9.17, 15) is 26.3 Å². The van der Waals surface area contributed by atoms with E-state index in [0.717, 1.165) is 0 Å². The van der Waals surface area contributed by atoms with Crippen LogP contribution in [0.5, 0.6) is 0 Å². The Labute approximate surface area is 120 Å². The van der Waals surface area contributed by atoms with Gasteiger partial charge in [0.25, 0.3) is 0 Å². The fraction of sp³-hybridized carbons (Fsp3) is 0.357. The van der Waals surface area contributed by atoms with Crippen molar-refractivity contribution in [1.29, 1.82) is 5.26 Å². The number of hydrogen-bond donors (Lipinski definition) is 0. The first-order valence-corrected chi connectivity index (χ1v) is 6.11. The number of alkyl halides is 6. The van der Waals surface area contributed by atoms with Gasteiger partial charge >= 0.3 is 12.4 Å². The van der Waals surface area contributed by atoms with Crippen molar-refractivity contribution >= 4 is 11.0 Å². The Hall–Kier alpha value is -2.17. The summed E-state index contributed by atoms with van der Waals surface area (Å²) < 4.78 is 82.5. The third kappa shape index (κ3) is 2.63. The second-order valence-electron chi connectivity index (χ2n) is 5.01. The quantitative estimate of drug-likeness (QED) is 0.653. The molecule has 118 valence electrons. The highest BCUT2D eigenvalue weighted by molar-refractivity contribution is 5.87. The lowest BCUT2D eigenvalue weighted by Crippen LogP contribution is -2.11. The maximum atomic E-state index is 13.0. The number of rotatable bonds is 1. The summed E-state index contributed by atoms with van der Waals surface area (Å²) in [5.74, 6) is -0.879.